The number of nitrogens with zero attached hydrogens (tertiary/aromatic N) is 2. The van der Waals surface area contributed by atoms with Crippen LogP contribution in [0, 0.1) is 11.3 Å². The van der Waals surface area contributed by atoms with Gasteiger partial charge in [-0.3, -0.25) is 4.90 Å². The number of rotatable bonds is 3. The summed E-state index contributed by atoms with van der Waals surface area (Å²) in [5.41, 5.74) is 0. The largest absolute Gasteiger partial charge is 0.291 e. The molecule has 0 bridgehead atoms. The van der Waals surface area contributed by atoms with Gasteiger partial charge in [0.2, 0.25) is 0 Å². The lowest BCUT2D eigenvalue weighted by atomic mass is 10.2. The molecule has 0 aromatic carbocycles. The highest BCUT2D eigenvalue weighted by atomic mass is 15.1. The Morgan fingerprint density at radius 3 is 2.56 bits per heavy atom. The van der Waals surface area contributed by atoms with Crippen molar-refractivity contribution < 1.29 is 0 Å². The van der Waals surface area contributed by atoms with E-state index >= 15 is 0 Å². The van der Waals surface area contributed by atoms with Crippen LogP contribution in [0.15, 0.2) is 0 Å². The van der Waals surface area contributed by atoms with Gasteiger partial charge in [-0.05, 0) is 20.4 Å². The average Bonchev–Trinajstić information content (AvgIpc) is 1.87. The zero-order chi connectivity index (χ0) is 7.28. The first kappa shape index (κ1) is 8.45. The first-order valence-corrected chi connectivity index (χ1v) is 3.29. The molecule has 2 heteroatoms. The van der Waals surface area contributed by atoms with Crippen LogP contribution < -0.4 is 0 Å². The summed E-state index contributed by atoms with van der Waals surface area (Å²) in [5, 5.41) is 8.29. The first-order valence-electron chi connectivity index (χ1n) is 3.29. The van der Waals surface area contributed by atoms with Crippen LogP contribution in [0.2, 0.25) is 0 Å². The predicted molar refractivity (Wildman–Crippen MR) is 38.0 cm³/mol. The zero-order valence-corrected chi connectivity index (χ0v) is 6.39. The van der Waals surface area contributed by atoms with Crippen LogP contribution in [0.4, 0.5) is 0 Å². The van der Waals surface area contributed by atoms with Gasteiger partial charge in [0.1, 0.15) is 0 Å². The maximum atomic E-state index is 8.29. The topological polar surface area (TPSA) is 27.0 Å². The molecular weight excluding hydrogens is 112 g/mol. The van der Waals surface area contributed by atoms with Crippen LogP contribution in [-0.4, -0.2) is 24.5 Å². The van der Waals surface area contributed by atoms with E-state index in [9.17, 15) is 0 Å². The summed E-state index contributed by atoms with van der Waals surface area (Å²) < 4.78 is 0. The summed E-state index contributed by atoms with van der Waals surface area (Å²) in [6, 6.07) is 2.64. The van der Waals surface area contributed by atoms with E-state index in [1.54, 1.807) is 0 Å². The van der Waals surface area contributed by atoms with Gasteiger partial charge < -0.3 is 0 Å². The minimum Gasteiger partial charge on any atom is -0.291 e. The van der Waals surface area contributed by atoms with Crippen LogP contribution in [0.25, 0.3) is 0 Å². The molecule has 0 radical (unpaired) electrons. The Hall–Kier alpha value is -0.550. The summed E-state index contributed by atoms with van der Waals surface area (Å²) in [7, 11) is 1.97. The number of hydrogen-bond donors (Lipinski definition) is 0. The molecule has 9 heavy (non-hydrogen) atoms. The minimum atomic E-state index is 0.532. The van der Waals surface area contributed by atoms with Crippen LogP contribution in [0.1, 0.15) is 20.3 Å². The van der Waals surface area contributed by atoms with E-state index in [1.807, 2.05) is 11.9 Å². The Labute approximate surface area is 57.1 Å². The van der Waals surface area contributed by atoms with Crippen LogP contribution in [0.5, 0.6) is 0 Å². The molecule has 0 saturated heterocycles. The van der Waals surface area contributed by atoms with Gasteiger partial charge in [-0.15, -0.1) is 0 Å². The van der Waals surface area contributed by atoms with Crippen molar-refractivity contribution in [2.24, 2.45) is 0 Å². The lowest BCUT2D eigenvalue weighted by Gasteiger charge is -2.19. The molecule has 0 N–H and O–H groups in total. The molecule has 0 aromatic rings. The fourth-order valence-electron chi connectivity index (χ4n) is 0.579. The molecule has 0 amide bonds. The number of nitriles is 1. The van der Waals surface area contributed by atoms with E-state index in [-0.39, 0.29) is 0 Å². The number of hydrogen-bond acceptors (Lipinski definition) is 2. The van der Waals surface area contributed by atoms with E-state index < -0.39 is 0 Å². The van der Waals surface area contributed by atoms with Crippen LogP contribution in [0.3, 0.4) is 0 Å². The Morgan fingerprint density at radius 1 is 1.67 bits per heavy atom. The highest BCUT2D eigenvalue weighted by molar-refractivity contribution is 4.76. The highest BCUT2D eigenvalue weighted by Gasteiger charge is 2.03. The minimum absolute atomic E-state index is 0.532. The van der Waals surface area contributed by atoms with Gasteiger partial charge in [-0.2, -0.15) is 5.26 Å². The van der Waals surface area contributed by atoms with Crippen molar-refractivity contribution in [1.82, 2.24) is 4.90 Å². The summed E-state index contributed by atoms with van der Waals surface area (Å²) >= 11 is 0. The summed E-state index contributed by atoms with van der Waals surface area (Å²) in [4.78, 5) is 2.04. The molecule has 0 aliphatic rings. The third-order valence-electron chi connectivity index (χ3n) is 1.66. The summed E-state index contributed by atoms with van der Waals surface area (Å²) in [6.07, 6.45) is 1.11. The summed E-state index contributed by atoms with van der Waals surface area (Å²) in [5.74, 6) is 0. The maximum Gasteiger partial charge on any atom is 0.0865 e. The quantitative estimate of drug-likeness (QED) is 0.532. The maximum absolute atomic E-state index is 8.29. The third kappa shape index (κ3) is 3.10. The van der Waals surface area contributed by atoms with Gasteiger partial charge in [0.05, 0.1) is 12.6 Å². The van der Waals surface area contributed by atoms with E-state index in [2.05, 4.69) is 19.9 Å². The monoisotopic (exact) mass is 126 g/mol. The predicted octanol–water partition coefficient (Wildman–Crippen LogP) is 1.24. The molecule has 2 nitrogen and oxygen atoms in total. The van der Waals surface area contributed by atoms with Crippen LogP contribution >= 0.6 is 0 Å². The molecule has 0 rings (SSSR count). The van der Waals surface area contributed by atoms with E-state index in [0.717, 1.165) is 6.42 Å². The fraction of sp³-hybridized carbons (Fsp3) is 0.857. The Kier molecular flexibility index (Phi) is 4.08. The second-order valence-electron chi connectivity index (χ2n) is 2.33. The second kappa shape index (κ2) is 4.34. The fourth-order valence-corrected chi connectivity index (χ4v) is 0.579. The zero-order valence-electron chi connectivity index (χ0n) is 6.39. The summed E-state index contributed by atoms with van der Waals surface area (Å²) in [6.45, 7) is 4.78. The molecule has 1 unspecified atom stereocenters. The lowest BCUT2D eigenvalue weighted by molar-refractivity contribution is 0.281. The normalized spacial score (nSPS) is 13.2. The van der Waals surface area contributed by atoms with Crippen molar-refractivity contribution in [1.29, 1.82) is 5.26 Å². The molecule has 0 spiro atoms. The van der Waals surface area contributed by atoms with Crippen molar-refractivity contribution >= 4 is 0 Å². The van der Waals surface area contributed by atoms with Crippen LogP contribution in [-0.2, 0) is 0 Å². The average molecular weight is 126 g/mol. The molecule has 0 aliphatic carbocycles. The van der Waals surface area contributed by atoms with Gasteiger partial charge in [0.25, 0.3) is 0 Å². The van der Waals surface area contributed by atoms with Gasteiger partial charge in [0.15, 0.2) is 0 Å². The SMILES string of the molecule is CCC(C)N(C)CC#N. The molecule has 0 aromatic heterocycles. The van der Waals surface area contributed by atoms with Crippen molar-refractivity contribution in [2.45, 2.75) is 26.3 Å². The molecule has 52 valence electrons. The van der Waals surface area contributed by atoms with Gasteiger partial charge in [0, 0.05) is 6.04 Å². The standard InChI is InChI=1S/C7H14N2/c1-4-7(2)9(3)6-5-8/h7H,4,6H2,1-3H3. The van der Waals surface area contributed by atoms with E-state index in [1.165, 1.54) is 0 Å². The highest BCUT2D eigenvalue weighted by Crippen LogP contribution is 1.97. The lowest BCUT2D eigenvalue weighted by Crippen LogP contribution is -2.28. The molecular formula is C7H14N2. The van der Waals surface area contributed by atoms with Gasteiger partial charge >= 0.3 is 0 Å². The Morgan fingerprint density at radius 2 is 2.22 bits per heavy atom. The van der Waals surface area contributed by atoms with Crippen molar-refractivity contribution in [3.8, 4) is 6.07 Å². The Bertz CT molecular complexity index is 104. The molecule has 0 saturated carbocycles. The molecule has 1 atom stereocenters. The van der Waals surface area contributed by atoms with E-state index in [4.69, 9.17) is 5.26 Å². The molecule has 0 heterocycles. The van der Waals surface area contributed by atoms with E-state index in [0.29, 0.717) is 12.6 Å². The Balaban J connectivity index is 3.48. The molecule has 0 aliphatic heterocycles. The van der Waals surface area contributed by atoms with Crippen molar-refractivity contribution in [3.63, 3.8) is 0 Å². The molecule has 0 fully saturated rings. The van der Waals surface area contributed by atoms with Gasteiger partial charge in [-0.25, -0.2) is 0 Å². The third-order valence-corrected chi connectivity index (χ3v) is 1.66. The van der Waals surface area contributed by atoms with Crippen molar-refractivity contribution in [3.05, 3.63) is 0 Å². The second-order valence-corrected chi connectivity index (χ2v) is 2.33. The van der Waals surface area contributed by atoms with Crippen molar-refractivity contribution in [2.75, 3.05) is 13.6 Å². The van der Waals surface area contributed by atoms with Gasteiger partial charge in [-0.1, -0.05) is 6.92 Å². The first-order chi connectivity index (χ1) is 4.22. The smallest absolute Gasteiger partial charge is 0.0865 e.